The van der Waals surface area contributed by atoms with E-state index in [1.165, 1.54) is 11.3 Å². The molecule has 28 heavy (non-hydrogen) atoms. The van der Waals surface area contributed by atoms with Gasteiger partial charge in [0.1, 0.15) is 6.61 Å². The molecule has 0 radical (unpaired) electrons. The Balaban J connectivity index is 1.49. The molecule has 0 aliphatic heterocycles. The number of aromatic nitrogens is 2. The summed E-state index contributed by atoms with van der Waals surface area (Å²) in [5.41, 5.74) is 4.75. The fourth-order valence-electron chi connectivity index (χ4n) is 2.71. The first kappa shape index (κ1) is 18.4. The highest BCUT2D eigenvalue weighted by molar-refractivity contribution is 7.18. The highest BCUT2D eigenvalue weighted by Crippen LogP contribution is 2.30. The van der Waals surface area contributed by atoms with E-state index in [4.69, 9.17) is 9.47 Å². The van der Waals surface area contributed by atoms with E-state index < -0.39 is 0 Å². The van der Waals surface area contributed by atoms with Crippen molar-refractivity contribution in [3.8, 4) is 11.5 Å². The third kappa shape index (κ3) is 3.97. The maximum absolute atomic E-state index is 12.7. The van der Waals surface area contributed by atoms with E-state index >= 15 is 0 Å². The number of ether oxygens (including phenoxy) is 2. The van der Waals surface area contributed by atoms with Gasteiger partial charge in [-0.2, -0.15) is 0 Å². The van der Waals surface area contributed by atoms with Gasteiger partial charge >= 0.3 is 0 Å². The molecule has 0 unspecified atom stereocenters. The summed E-state index contributed by atoms with van der Waals surface area (Å²) >= 11 is 3.11. The van der Waals surface area contributed by atoms with E-state index in [1.807, 2.05) is 30.5 Å². The van der Waals surface area contributed by atoms with Crippen LogP contribution in [-0.2, 0) is 6.61 Å². The van der Waals surface area contributed by atoms with Gasteiger partial charge in [0.15, 0.2) is 11.5 Å². The Bertz CT molecular complexity index is 1120. The number of anilines is 1. The molecule has 8 heteroatoms. The largest absolute Gasteiger partial charge is 0.493 e. The van der Waals surface area contributed by atoms with Crippen molar-refractivity contribution < 1.29 is 14.3 Å². The quantitative estimate of drug-likeness (QED) is 0.488. The van der Waals surface area contributed by atoms with Crippen LogP contribution in [0.1, 0.15) is 21.1 Å². The van der Waals surface area contributed by atoms with Crippen LogP contribution in [-0.4, -0.2) is 23.0 Å². The van der Waals surface area contributed by atoms with Crippen molar-refractivity contribution in [1.29, 1.82) is 0 Å². The van der Waals surface area contributed by atoms with Crippen molar-refractivity contribution >= 4 is 44.5 Å². The van der Waals surface area contributed by atoms with Crippen molar-refractivity contribution in [3.05, 3.63) is 63.6 Å². The van der Waals surface area contributed by atoms with Gasteiger partial charge in [-0.05, 0) is 43.3 Å². The number of carbonyl (C=O) groups excluding carboxylic acids is 1. The van der Waals surface area contributed by atoms with Crippen LogP contribution in [0.4, 0.5) is 5.69 Å². The molecule has 2 heterocycles. The number of hydrogen-bond donors (Lipinski definition) is 1. The minimum absolute atomic E-state index is 0.218. The molecule has 4 aromatic rings. The smallest absolute Gasteiger partial charge is 0.255 e. The summed E-state index contributed by atoms with van der Waals surface area (Å²) in [5, 5.41) is 5.84. The third-order valence-electron chi connectivity index (χ3n) is 4.04. The summed E-state index contributed by atoms with van der Waals surface area (Å²) in [6.07, 6.45) is 0. The zero-order valence-electron chi connectivity index (χ0n) is 15.3. The molecule has 0 atom stereocenters. The first-order chi connectivity index (χ1) is 13.6. The van der Waals surface area contributed by atoms with Gasteiger partial charge in [0.2, 0.25) is 0 Å². The first-order valence-electron chi connectivity index (χ1n) is 8.49. The maximum Gasteiger partial charge on any atom is 0.255 e. The van der Waals surface area contributed by atoms with Crippen molar-refractivity contribution in [2.45, 2.75) is 13.5 Å². The number of methoxy groups -OCH3 is 1. The predicted octanol–water partition coefficient (Wildman–Crippen LogP) is 4.90. The highest BCUT2D eigenvalue weighted by Gasteiger charge is 2.13. The van der Waals surface area contributed by atoms with Crippen molar-refractivity contribution in [1.82, 2.24) is 9.97 Å². The van der Waals surface area contributed by atoms with Gasteiger partial charge in [-0.1, -0.05) is 0 Å². The lowest BCUT2D eigenvalue weighted by atomic mass is 10.1. The van der Waals surface area contributed by atoms with E-state index in [2.05, 4.69) is 15.3 Å². The fraction of sp³-hybridized carbons (Fsp3) is 0.150. The fourth-order valence-corrected chi connectivity index (χ4v) is 4.12. The number of fused-ring (bicyclic) bond motifs is 1. The van der Waals surface area contributed by atoms with Crippen LogP contribution < -0.4 is 14.8 Å². The molecule has 0 bridgehead atoms. The summed E-state index contributed by atoms with van der Waals surface area (Å²) in [6, 6.07) is 10.8. The van der Waals surface area contributed by atoms with Gasteiger partial charge in [-0.25, -0.2) is 9.97 Å². The van der Waals surface area contributed by atoms with Gasteiger partial charge in [0, 0.05) is 16.6 Å². The molecule has 4 rings (SSSR count). The van der Waals surface area contributed by atoms with E-state index in [0.29, 0.717) is 23.7 Å². The summed E-state index contributed by atoms with van der Waals surface area (Å²) in [4.78, 5) is 21.3. The number of benzene rings is 2. The number of nitrogens with zero attached hydrogens (tertiary/aromatic N) is 2. The number of rotatable bonds is 6. The molecule has 142 valence electrons. The second-order valence-electron chi connectivity index (χ2n) is 6.00. The summed E-state index contributed by atoms with van der Waals surface area (Å²) in [6.45, 7) is 2.31. The normalized spacial score (nSPS) is 10.8. The number of thiazole rings is 2. The monoisotopic (exact) mass is 411 g/mol. The predicted molar refractivity (Wildman–Crippen MR) is 112 cm³/mol. The minimum atomic E-state index is -0.218. The highest BCUT2D eigenvalue weighted by atomic mass is 32.1. The lowest BCUT2D eigenvalue weighted by Crippen LogP contribution is -2.12. The Labute approximate surface area is 169 Å². The number of amides is 1. The Morgan fingerprint density at radius 1 is 1.18 bits per heavy atom. The molecule has 2 aromatic heterocycles. The second kappa shape index (κ2) is 7.95. The summed E-state index contributed by atoms with van der Waals surface area (Å²) < 4.78 is 12.2. The molecule has 0 aliphatic carbocycles. The molecule has 0 spiro atoms. The number of aryl methyl sites for hydroxylation is 1. The Hall–Kier alpha value is -2.97. The minimum Gasteiger partial charge on any atom is -0.493 e. The van der Waals surface area contributed by atoms with Crippen LogP contribution in [0.25, 0.3) is 10.2 Å². The van der Waals surface area contributed by atoms with Crippen LogP contribution in [0.2, 0.25) is 0 Å². The number of hydrogen-bond acceptors (Lipinski definition) is 7. The van der Waals surface area contributed by atoms with E-state index in [0.717, 1.165) is 26.6 Å². The molecule has 0 fully saturated rings. The third-order valence-corrected chi connectivity index (χ3v) is 5.61. The number of carbonyl (C=O) groups is 1. The Morgan fingerprint density at radius 3 is 2.86 bits per heavy atom. The molecule has 0 saturated carbocycles. The van der Waals surface area contributed by atoms with Gasteiger partial charge in [-0.3, -0.25) is 4.79 Å². The molecular weight excluding hydrogens is 394 g/mol. The maximum atomic E-state index is 12.7. The zero-order valence-corrected chi connectivity index (χ0v) is 16.9. The van der Waals surface area contributed by atoms with Gasteiger partial charge < -0.3 is 14.8 Å². The average Bonchev–Trinajstić information content (AvgIpc) is 3.34. The van der Waals surface area contributed by atoms with Gasteiger partial charge in [0.25, 0.3) is 5.91 Å². The topological polar surface area (TPSA) is 73.3 Å². The van der Waals surface area contributed by atoms with Crippen LogP contribution in [0.15, 0.2) is 47.3 Å². The van der Waals surface area contributed by atoms with Gasteiger partial charge in [0.05, 0.1) is 33.5 Å². The van der Waals surface area contributed by atoms with Crippen LogP contribution in [0.5, 0.6) is 11.5 Å². The molecule has 0 aliphatic rings. The molecule has 0 saturated heterocycles. The van der Waals surface area contributed by atoms with E-state index in [9.17, 15) is 4.79 Å². The molecule has 1 amide bonds. The van der Waals surface area contributed by atoms with Crippen molar-refractivity contribution in [2.24, 2.45) is 0 Å². The SMILES string of the molecule is COc1cc(C(=O)Nc2ccc3nc(C)sc3c2)ccc1OCc1cscn1. The van der Waals surface area contributed by atoms with Gasteiger partial charge in [-0.15, -0.1) is 22.7 Å². The molecular formula is C20H17N3O3S2. The molecule has 1 N–H and O–H groups in total. The van der Waals surface area contributed by atoms with Crippen molar-refractivity contribution in [3.63, 3.8) is 0 Å². The summed E-state index contributed by atoms with van der Waals surface area (Å²) in [5.74, 6) is 0.843. The standard InChI is InChI=1S/C20H17N3O3S2/c1-12-22-16-5-4-14(8-19(16)28-12)23-20(24)13-3-6-17(18(7-13)25-2)26-9-15-10-27-11-21-15/h3-8,10-11H,9H2,1-2H3,(H,23,24). The molecule has 6 nitrogen and oxygen atoms in total. The van der Waals surface area contributed by atoms with Crippen molar-refractivity contribution in [2.75, 3.05) is 12.4 Å². The van der Waals surface area contributed by atoms with E-state index in [1.54, 1.807) is 42.2 Å². The van der Waals surface area contributed by atoms with Crippen LogP contribution in [0.3, 0.4) is 0 Å². The lowest BCUT2D eigenvalue weighted by molar-refractivity contribution is 0.102. The van der Waals surface area contributed by atoms with E-state index in [-0.39, 0.29) is 5.91 Å². The Morgan fingerprint density at radius 2 is 2.07 bits per heavy atom. The lowest BCUT2D eigenvalue weighted by Gasteiger charge is -2.12. The first-order valence-corrected chi connectivity index (χ1v) is 10.2. The second-order valence-corrected chi connectivity index (χ2v) is 7.96. The molecule has 2 aromatic carbocycles. The number of nitrogens with one attached hydrogen (secondary N) is 1. The Kier molecular flexibility index (Phi) is 5.23. The van der Waals surface area contributed by atoms with Crippen LogP contribution >= 0.6 is 22.7 Å². The average molecular weight is 412 g/mol. The zero-order chi connectivity index (χ0) is 19.5. The van der Waals surface area contributed by atoms with Crippen LogP contribution in [0, 0.1) is 6.92 Å². The summed E-state index contributed by atoms with van der Waals surface area (Å²) in [7, 11) is 1.55.